The maximum absolute atomic E-state index is 12.9. The van der Waals surface area contributed by atoms with Gasteiger partial charge >= 0.3 is 0 Å². The maximum Gasteiger partial charge on any atom is 0.223 e. The fraction of sp³-hybridized carbons (Fsp3) is 0.417. The van der Waals surface area contributed by atoms with E-state index in [9.17, 15) is 4.79 Å². The summed E-state index contributed by atoms with van der Waals surface area (Å²) in [4.78, 5) is 23.0. The van der Waals surface area contributed by atoms with Crippen LogP contribution in [0.2, 0.25) is 0 Å². The number of amides is 1. The molecule has 2 unspecified atom stereocenters. The molecule has 1 amide bonds. The van der Waals surface area contributed by atoms with Gasteiger partial charge in [-0.2, -0.15) is 0 Å². The lowest BCUT2D eigenvalue weighted by molar-refractivity contribution is -0.130. The number of carbonyl (C=O) groups excluding carboxylic acids is 1. The number of fused-ring (bicyclic) bond motifs is 2. The van der Waals surface area contributed by atoms with E-state index in [0.717, 1.165) is 55.9 Å². The molecule has 3 aromatic rings. The number of nitrogens with zero attached hydrogens (tertiary/aromatic N) is 2. The first-order chi connectivity index (χ1) is 14.2. The quantitative estimate of drug-likeness (QED) is 0.583. The van der Waals surface area contributed by atoms with Gasteiger partial charge in [0.2, 0.25) is 5.91 Å². The van der Waals surface area contributed by atoms with E-state index in [4.69, 9.17) is 0 Å². The molecular weight excluding hydrogens is 431 g/mol. The highest BCUT2D eigenvalue weighted by molar-refractivity contribution is 5.85. The topological polar surface area (TPSA) is 61.0 Å². The van der Waals surface area contributed by atoms with E-state index in [2.05, 4.69) is 50.5 Å². The van der Waals surface area contributed by atoms with Gasteiger partial charge in [-0.1, -0.05) is 42.5 Å². The molecule has 2 aromatic carbocycles. The number of likely N-dealkylation sites (tertiary alicyclic amines) is 1. The van der Waals surface area contributed by atoms with Crippen molar-refractivity contribution in [2.75, 3.05) is 26.2 Å². The van der Waals surface area contributed by atoms with Crippen molar-refractivity contribution >= 4 is 41.8 Å². The number of aryl methyl sites for hydroxylation is 2. The van der Waals surface area contributed by atoms with Gasteiger partial charge in [0.15, 0.2) is 0 Å². The van der Waals surface area contributed by atoms with Crippen LogP contribution in [0.4, 0.5) is 0 Å². The Morgan fingerprint density at radius 1 is 1.06 bits per heavy atom. The lowest BCUT2D eigenvalue weighted by atomic mass is 9.76. The predicted octanol–water partition coefficient (Wildman–Crippen LogP) is 4.02. The highest BCUT2D eigenvalue weighted by Crippen LogP contribution is 2.42. The van der Waals surface area contributed by atoms with Gasteiger partial charge in [-0.15, -0.1) is 24.8 Å². The van der Waals surface area contributed by atoms with Crippen molar-refractivity contribution in [3.05, 3.63) is 66.0 Å². The fourth-order valence-electron chi connectivity index (χ4n) is 5.12. The minimum Gasteiger partial charge on any atom is -0.342 e. The number of nitrogens with one attached hydrogen (secondary N) is 2. The van der Waals surface area contributed by atoms with Gasteiger partial charge in [0.1, 0.15) is 5.82 Å². The Morgan fingerprint density at radius 3 is 2.65 bits per heavy atom. The van der Waals surface area contributed by atoms with Gasteiger partial charge in [-0.25, -0.2) is 4.98 Å². The Kier molecular flexibility index (Phi) is 7.63. The molecule has 2 saturated heterocycles. The fourth-order valence-corrected chi connectivity index (χ4v) is 5.12. The van der Waals surface area contributed by atoms with Crippen LogP contribution >= 0.6 is 24.8 Å². The van der Waals surface area contributed by atoms with Gasteiger partial charge in [0, 0.05) is 44.4 Å². The average Bonchev–Trinajstić information content (AvgIpc) is 3.43. The molecule has 2 aliphatic heterocycles. The van der Waals surface area contributed by atoms with Crippen molar-refractivity contribution in [3.8, 4) is 0 Å². The van der Waals surface area contributed by atoms with E-state index in [-0.39, 0.29) is 36.1 Å². The third kappa shape index (κ3) is 4.89. The van der Waals surface area contributed by atoms with Crippen LogP contribution in [0.25, 0.3) is 11.0 Å². The van der Waals surface area contributed by atoms with Crippen LogP contribution in [0.5, 0.6) is 0 Å². The number of rotatable bonds is 6. The third-order valence-corrected chi connectivity index (χ3v) is 6.80. The zero-order valence-corrected chi connectivity index (χ0v) is 19.2. The maximum atomic E-state index is 12.9. The number of hydrogen-bond donors (Lipinski definition) is 2. The summed E-state index contributed by atoms with van der Waals surface area (Å²) in [5, 5.41) is 3.58. The normalized spacial score (nSPS) is 22.1. The summed E-state index contributed by atoms with van der Waals surface area (Å²) in [6.07, 6.45) is 3.42. The van der Waals surface area contributed by atoms with E-state index in [1.807, 2.05) is 24.3 Å². The van der Waals surface area contributed by atoms with Crippen LogP contribution in [0.1, 0.15) is 24.2 Å². The number of H-pyrrole nitrogens is 1. The molecule has 2 N–H and O–H groups in total. The van der Waals surface area contributed by atoms with Crippen molar-refractivity contribution in [1.29, 1.82) is 0 Å². The zero-order valence-electron chi connectivity index (χ0n) is 17.5. The molecule has 166 valence electrons. The van der Waals surface area contributed by atoms with Gasteiger partial charge in [0.05, 0.1) is 11.0 Å². The molecule has 0 radical (unpaired) electrons. The Hall–Kier alpha value is -2.08. The molecule has 2 atom stereocenters. The molecule has 0 spiro atoms. The van der Waals surface area contributed by atoms with Gasteiger partial charge in [-0.3, -0.25) is 4.79 Å². The summed E-state index contributed by atoms with van der Waals surface area (Å²) in [6.45, 7) is 3.83. The first kappa shape index (κ1) is 23.6. The number of aromatic nitrogens is 2. The molecule has 7 heteroatoms. The smallest absolute Gasteiger partial charge is 0.223 e. The van der Waals surface area contributed by atoms with Crippen LogP contribution in [0, 0.1) is 11.3 Å². The highest BCUT2D eigenvalue weighted by Gasteiger charge is 2.50. The number of halogens is 2. The lowest BCUT2D eigenvalue weighted by Crippen LogP contribution is -2.36. The standard InChI is InChI=1S/C24H28N4O.2ClH/c29-23(11-10-22-26-20-8-4-5-9-21(20)27-22)28-15-19-14-25-16-24(19,17-28)13-12-18-6-2-1-3-7-18;;/h1-9,19,25H,10-17H2,(H,26,27);2*1H. The number of para-hydroxylation sites is 2. The Morgan fingerprint density at radius 2 is 1.84 bits per heavy atom. The first-order valence-corrected chi connectivity index (χ1v) is 10.7. The Bertz CT molecular complexity index is 976. The van der Waals surface area contributed by atoms with Crippen molar-refractivity contribution in [3.63, 3.8) is 0 Å². The van der Waals surface area contributed by atoms with Crippen LogP contribution in [0.3, 0.4) is 0 Å². The van der Waals surface area contributed by atoms with Crippen LogP contribution < -0.4 is 5.32 Å². The zero-order chi connectivity index (χ0) is 19.7. The van der Waals surface area contributed by atoms with Gasteiger partial charge < -0.3 is 15.2 Å². The van der Waals surface area contributed by atoms with Crippen LogP contribution in [-0.4, -0.2) is 47.0 Å². The van der Waals surface area contributed by atoms with E-state index >= 15 is 0 Å². The second-order valence-electron chi connectivity index (χ2n) is 8.65. The minimum absolute atomic E-state index is 0. The van der Waals surface area contributed by atoms with E-state index in [1.54, 1.807) is 0 Å². The molecule has 2 aliphatic rings. The summed E-state index contributed by atoms with van der Waals surface area (Å²) in [5.41, 5.74) is 3.63. The Labute approximate surface area is 195 Å². The van der Waals surface area contributed by atoms with Crippen molar-refractivity contribution in [2.24, 2.45) is 11.3 Å². The summed E-state index contributed by atoms with van der Waals surface area (Å²) in [5.74, 6) is 1.74. The summed E-state index contributed by atoms with van der Waals surface area (Å²) in [7, 11) is 0. The molecule has 0 saturated carbocycles. The van der Waals surface area contributed by atoms with E-state index in [1.165, 1.54) is 5.56 Å². The molecular formula is C24H30Cl2N4O. The Balaban J connectivity index is 0.00000136. The number of hydrogen-bond acceptors (Lipinski definition) is 3. The molecule has 1 aromatic heterocycles. The summed E-state index contributed by atoms with van der Waals surface area (Å²) in [6, 6.07) is 18.7. The van der Waals surface area contributed by atoms with E-state index < -0.39 is 0 Å². The highest BCUT2D eigenvalue weighted by atomic mass is 35.5. The largest absolute Gasteiger partial charge is 0.342 e. The molecule has 2 fully saturated rings. The molecule has 31 heavy (non-hydrogen) atoms. The van der Waals surface area contributed by atoms with Crippen LogP contribution in [-0.2, 0) is 17.6 Å². The third-order valence-electron chi connectivity index (χ3n) is 6.80. The average molecular weight is 461 g/mol. The number of benzene rings is 2. The second-order valence-corrected chi connectivity index (χ2v) is 8.65. The van der Waals surface area contributed by atoms with E-state index in [0.29, 0.717) is 18.8 Å². The lowest BCUT2D eigenvalue weighted by Gasteiger charge is -2.28. The van der Waals surface area contributed by atoms with Gasteiger partial charge in [-0.05, 0) is 36.5 Å². The second kappa shape index (κ2) is 10.0. The summed E-state index contributed by atoms with van der Waals surface area (Å²) < 4.78 is 0. The number of aromatic amines is 1. The van der Waals surface area contributed by atoms with Crippen molar-refractivity contribution in [2.45, 2.75) is 25.7 Å². The minimum atomic E-state index is 0. The molecule has 0 bridgehead atoms. The number of carbonyl (C=O) groups is 1. The monoisotopic (exact) mass is 460 g/mol. The van der Waals surface area contributed by atoms with Gasteiger partial charge in [0.25, 0.3) is 0 Å². The molecule has 5 nitrogen and oxygen atoms in total. The molecule has 3 heterocycles. The van der Waals surface area contributed by atoms with Crippen LogP contribution in [0.15, 0.2) is 54.6 Å². The predicted molar refractivity (Wildman–Crippen MR) is 129 cm³/mol. The van der Waals surface area contributed by atoms with Crippen molar-refractivity contribution < 1.29 is 4.79 Å². The summed E-state index contributed by atoms with van der Waals surface area (Å²) >= 11 is 0. The molecule has 5 rings (SSSR count). The SMILES string of the molecule is Cl.Cl.O=C(CCc1nc2ccccc2[nH]1)N1CC2CNCC2(CCc2ccccc2)C1. The first-order valence-electron chi connectivity index (χ1n) is 10.7. The number of imidazole rings is 1. The molecule has 0 aliphatic carbocycles. The van der Waals surface area contributed by atoms with Crippen molar-refractivity contribution in [1.82, 2.24) is 20.2 Å².